The third-order valence-electron chi connectivity index (χ3n) is 6.99. The van der Waals surface area contributed by atoms with Gasteiger partial charge >= 0.3 is 5.97 Å². The molecule has 39 heavy (non-hydrogen) atoms. The number of rotatable bonds is 9. The molecule has 0 aromatic heterocycles. The second-order valence-electron chi connectivity index (χ2n) is 9.64. The van der Waals surface area contributed by atoms with E-state index in [1.807, 2.05) is 84.9 Å². The number of hydrogen-bond donors (Lipinski definition) is 0. The lowest BCUT2D eigenvalue weighted by molar-refractivity contribution is -0.139. The number of esters is 1. The minimum absolute atomic E-state index is 0.0345. The van der Waals surface area contributed by atoms with Crippen LogP contribution in [0.1, 0.15) is 41.5 Å². The third-order valence-corrected chi connectivity index (χ3v) is 6.99. The summed E-state index contributed by atoms with van der Waals surface area (Å²) in [5.41, 5.74) is 5.24. The van der Waals surface area contributed by atoms with Crippen LogP contribution in [0.5, 0.6) is 5.75 Å². The molecule has 2 unspecified atom stereocenters. The Morgan fingerprint density at radius 3 is 2.10 bits per heavy atom. The minimum atomic E-state index is -0.408. The Kier molecular flexibility index (Phi) is 8.27. The lowest BCUT2D eigenvalue weighted by Crippen LogP contribution is -2.23. The van der Waals surface area contributed by atoms with Crippen molar-refractivity contribution in [3.8, 4) is 5.75 Å². The summed E-state index contributed by atoms with van der Waals surface area (Å²) in [5, 5.41) is 0. The van der Waals surface area contributed by atoms with E-state index in [-0.39, 0.29) is 24.4 Å². The van der Waals surface area contributed by atoms with Crippen molar-refractivity contribution in [1.29, 1.82) is 0 Å². The number of benzene rings is 4. The Hall–Kier alpha value is -4.51. The Balaban J connectivity index is 1.37. The molecule has 0 radical (unpaired) electrons. The Morgan fingerprint density at radius 1 is 0.846 bits per heavy atom. The van der Waals surface area contributed by atoms with Crippen LogP contribution >= 0.6 is 0 Å². The number of carbonyl (C=O) groups is 1. The van der Waals surface area contributed by atoms with Crippen LogP contribution in [0.2, 0.25) is 0 Å². The molecule has 4 aromatic carbocycles. The SMILES string of the molecule is CC(c1ccc(F)cc1)C1CC(c2ccc(OCc3ccccc3)cc2)=C(C(=O)OCc2ccccc2)C=N1. The van der Waals surface area contributed by atoms with E-state index in [1.165, 1.54) is 12.1 Å². The molecule has 0 fully saturated rings. The molecule has 5 rings (SSSR count). The average molecular weight is 520 g/mol. The molecule has 4 aromatic rings. The molecule has 1 aliphatic heterocycles. The van der Waals surface area contributed by atoms with Crippen LogP contribution in [0.15, 0.2) is 120 Å². The van der Waals surface area contributed by atoms with Crippen molar-refractivity contribution in [2.75, 3.05) is 0 Å². The molecule has 196 valence electrons. The topological polar surface area (TPSA) is 47.9 Å². The molecule has 0 N–H and O–H groups in total. The molecular formula is C34H30FNO3. The van der Waals surface area contributed by atoms with Crippen LogP contribution in [0.4, 0.5) is 4.39 Å². The van der Waals surface area contributed by atoms with E-state index in [9.17, 15) is 9.18 Å². The summed E-state index contributed by atoms with van der Waals surface area (Å²) in [6.45, 7) is 2.74. The van der Waals surface area contributed by atoms with Crippen molar-refractivity contribution in [3.63, 3.8) is 0 Å². The van der Waals surface area contributed by atoms with Crippen molar-refractivity contribution in [1.82, 2.24) is 0 Å². The summed E-state index contributed by atoms with van der Waals surface area (Å²) in [5.74, 6) is 0.107. The summed E-state index contributed by atoms with van der Waals surface area (Å²) in [7, 11) is 0. The van der Waals surface area contributed by atoms with Crippen LogP contribution in [0, 0.1) is 5.82 Å². The molecule has 0 saturated carbocycles. The highest BCUT2D eigenvalue weighted by molar-refractivity contribution is 6.16. The van der Waals surface area contributed by atoms with E-state index in [0.717, 1.165) is 33.6 Å². The molecule has 0 spiro atoms. The maximum absolute atomic E-state index is 13.5. The average Bonchev–Trinajstić information content (AvgIpc) is 3.00. The number of nitrogens with zero attached hydrogens (tertiary/aromatic N) is 1. The highest BCUT2D eigenvalue weighted by atomic mass is 19.1. The Bertz CT molecular complexity index is 1450. The standard InChI is InChI=1S/C34H30FNO3/c1-24(27-12-16-29(35)17-13-27)33-20-31(32(21-36-33)34(37)39-23-26-10-6-3-7-11-26)28-14-18-30(19-15-28)38-22-25-8-4-2-5-9-25/h2-19,21,24,33H,20,22-23H2,1H3. The van der Waals surface area contributed by atoms with Gasteiger partial charge in [0.2, 0.25) is 0 Å². The normalized spacial score (nSPS) is 15.6. The van der Waals surface area contributed by atoms with Gasteiger partial charge in [0.1, 0.15) is 24.8 Å². The smallest absolute Gasteiger partial charge is 0.340 e. The van der Waals surface area contributed by atoms with E-state index in [0.29, 0.717) is 18.6 Å². The molecular weight excluding hydrogens is 489 g/mol. The zero-order chi connectivity index (χ0) is 27.0. The van der Waals surface area contributed by atoms with E-state index in [4.69, 9.17) is 14.5 Å². The maximum Gasteiger partial charge on any atom is 0.340 e. The Morgan fingerprint density at radius 2 is 1.46 bits per heavy atom. The van der Waals surface area contributed by atoms with Crippen LogP contribution in [0.3, 0.4) is 0 Å². The predicted molar refractivity (Wildman–Crippen MR) is 152 cm³/mol. The number of carbonyl (C=O) groups excluding carboxylic acids is 1. The second-order valence-corrected chi connectivity index (χ2v) is 9.64. The lowest BCUT2D eigenvalue weighted by Gasteiger charge is -2.27. The van der Waals surface area contributed by atoms with Gasteiger partial charge in [-0.25, -0.2) is 9.18 Å². The summed E-state index contributed by atoms with van der Waals surface area (Å²) < 4.78 is 25.1. The maximum atomic E-state index is 13.5. The van der Waals surface area contributed by atoms with Crippen molar-refractivity contribution < 1.29 is 18.7 Å². The van der Waals surface area contributed by atoms with Crippen LogP contribution in [-0.4, -0.2) is 18.2 Å². The number of aliphatic imine (C=N–C) groups is 1. The molecule has 0 amide bonds. The number of halogens is 1. The van der Waals surface area contributed by atoms with Gasteiger partial charge in [0, 0.05) is 12.1 Å². The van der Waals surface area contributed by atoms with E-state index < -0.39 is 5.97 Å². The van der Waals surface area contributed by atoms with Crippen molar-refractivity contribution in [2.24, 2.45) is 4.99 Å². The van der Waals surface area contributed by atoms with E-state index >= 15 is 0 Å². The summed E-state index contributed by atoms with van der Waals surface area (Å²) in [6.07, 6.45) is 2.19. The number of dihydropyridines is 1. The first-order chi connectivity index (χ1) is 19.1. The van der Waals surface area contributed by atoms with Crippen LogP contribution in [-0.2, 0) is 22.7 Å². The fraction of sp³-hybridized carbons (Fsp3) is 0.176. The largest absolute Gasteiger partial charge is 0.489 e. The highest BCUT2D eigenvalue weighted by Gasteiger charge is 2.28. The van der Waals surface area contributed by atoms with Crippen molar-refractivity contribution >= 4 is 17.8 Å². The lowest BCUT2D eigenvalue weighted by atomic mass is 9.84. The van der Waals surface area contributed by atoms with E-state index in [2.05, 4.69) is 6.92 Å². The Labute approximate surface area is 228 Å². The predicted octanol–water partition coefficient (Wildman–Crippen LogP) is 7.55. The number of hydrogen-bond acceptors (Lipinski definition) is 4. The number of ether oxygens (including phenoxy) is 2. The van der Waals surface area contributed by atoms with Gasteiger partial charge in [0.25, 0.3) is 0 Å². The fourth-order valence-corrected chi connectivity index (χ4v) is 4.66. The van der Waals surface area contributed by atoms with Gasteiger partial charge in [-0.2, -0.15) is 0 Å². The third kappa shape index (κ3) is 6.68. The minimum Gasteiger partial charge on any atom is -0.489 e. The van der Waals surface area contributed by atoms with Crippen LogP contribution in [0.25, 0.3) is 5.57 Å². The molecule has 1 heterocycles. The van der Waals surface area contributed by atoms with Crippen molar-refractivity contribution in [3.05, 3.63) is 143 Å². The summed E-state index contributed by atoms with van der Waals surface area (Å²) >= 11 is 0. The molecule has 0 saturated heterocycles. The molecule has 0 bridgehead atoms. The van der Waals surface area contributed by atoms with Gasteiger partial charge in [-0.15, -0.1) is 0 Å². The molecule has 5 heteroatoms. The molecule has 1 aliphatic rings. The highest BCUT2D eigenvalue weighted by Crippen LogP contribution is 2.35. The first-order valence-electron chi connectivity index (χ1n) is 13.1. The fourth-order valence-electron chi connectivity index (χ4n) is 4.66. The zero-order valence-electron chi connectivity index (χ0n) is 21.8. The molecule has 4 nitrogen and oxygen atoms in total. The first kappa shape index (κ1) is 26.1. The van der Waals surface area contributed by atoms with Gasteiger partial charge in [0.05, 0.1) is 11.6 Å². The first-order valence-corrected chi connectivity index (χ1v) is 13.1. The second kappa shape index (κ2) is 12.4. The molecule has 0 aliphatic carbocycles. The van der Waals surface area contributed by atoms with Gasteiger partial charge in [0.15, 0.2) is 0 Å². The van der Waals surface area contributed by atoms with Gasteiger partial charge in [-0.05, 0) is 58.5 Å². The van der Waals surface area contributed by atoms with Gasteiger partial charge in [-0.3, -0.25) is 4.99 Å². The zero-order valence-corrected chi connectivity index (χ0v) is 21.8. The van der Waals surface area contributed by atoms with Gasteiger partial charge in [-0.1, -0.05) is 91.9 Å². The molecule has 2 atom stereocenters. The summed E-state index contributed by atoms with van der Waals surface area (Å²) in [4.78, 5) is 18.0. The quantitative estimate of drug-likeness (QED) is 0.215. The van der Waals surface area contributed by atoms with Crippen molar-refractivity contribution in [2.45, 2.75) is 38.5 Å². The summed E-state index contributed by atoms with van der Waals surface area (Å²) in [6, 6.07) is 33.8. The monoisotopic (exact) mass is 519 g/mol. The van der Waals surface area contributed by atoms with E-state index in [1.54, 1.807) is 18.3 Å². The van der Waals surface area contributed by atoms with Gasteiger partial charge < -0.3 is 9.47 Å². The van der Waals surface area contributed by atoms with Crippen LogP contribution < -0.4 is 4.74 Å².